The van der Waals surface area contributed by atoms with Crippen molar-refractivity contribution in [3.8, 4) is 0 Å². The average Bonchev–Trinajstić information content (AvgIpc) is 2.89. The molecule has 1 saturated carbocycles. The van der Waals surface area contributed by atoms with Crippen LogP contribution in [-0.4, -0.2) is 17.3 Å². The highest BCUT2D eigenvalue weighted by Gasteiger charge is 2.42. The van der Waals surface area contributed by atoms with Crippen molar-refractivity contribution in [2.75, 3.05) is 6.61 Å². The van der Waals surface area contributed by atoms with Crippen LogP contribution in [0.5, 0.6) is 0 Å². The summed E-state index contributed by atoms with van der Waals surface area (Å²) in [7, 11) is 0. The van der Waals surface area contributed by atoms with Crippen LogP contribution in [-0.2, 0) is 4.74 Å². The summed E-state index contributed by atoms with van der Waals surface area (Å²) in [5, 5.41) is 10.8. The number of benzene rings is 1. The third-order valence-corrected chi connectivity index (χ3v) is 5.46. The van der Waals surface area contributed by atoms with Crippen molar-refractivity contribution in [2.45, 2.75) is 64.1 Å². The largest absolute Gasteiger partial charge is 0.388 e. The van der Waals surface area contributed by atoms with E-state index in [0.717, 1.165) is 25.0 Å². The molecule has 2 unspecified atom stereocenters. The molecule has 0 amide bonds. The van der Waals surface area contributed by atoms with Gasteiger partial charge in [-0.05, 0) is 62.1 Å². The number of hydrogen-bond donors (Lipinski definition) is 1. The van der Waals surface area contributed by atoms with Crippen LogP contribution in [0.1, 0.15) is 61.3 Å². The summed E-state index contributed by atoms with van der Waals surface area (Å²) >= 11 is 0. The number of rotatable bonds is 2. The molecule has 1 aliphatic heterocycles. The summed E-state index contributed by atoms with van der Waals surface area (Å²) in [5.41, 5.74) is 3.71. The Kier molecular flexibility index (Phi) is 3.87. The van der Waals surface area contributed by atoms with Gasteiger partial charge in [0.05, 0.1) is 11.7 Å². The summed E-state index contributed by atoms with van der Waals surface area (Å²) in [4.78, 5) is 0. The molecule has 1 N–H and O–H groups in total. The molecule has 2 atom stereocenters. The first-order valence-electron chi connectivity index (χ1n) is 7.99. The zero-order chi connectivity index (χ0) is 14.2. The van der Waals surface area contributed by atoms with Crippen molar-refractivity contribution in [1.82, 2.24) is 0 Å². The molecule has 1 heterocycles. The summed E-state index contributed by atoms with van der Waals surface area (Å²) in [6.45, 7) is 5.05. The van der Waals surface area contributed by atoms with Crippen LogP contribution in [0.15, 0.2) is 18.2 Å². The molecule has 1 aromatic carbocycles. The first kappa shape index (κ1) is 14.1. The van der Waals surface area contributed by atoms with E-state index in [1.54, 1.807) is 0 Å². The van der Waals surface area contributed by atoms with Crippen molar-refractivity contribution in [3.05, 3.63) is 34.9 Å². The van der Waals surface area contributed by atoms with E-state index in [4.69, 9.17) is 4.74 Å². The van der Waals surface area contributed by atoms with Crippen LogP contribution in [0.2, 0.25) is 0 Å². The second-order valence-electron chi connectivity index (χ2n) is 6.73. The molecule has 2 fully saturated rings. The highest BCUT2D eigenvalue weighted by atomic mass is 16.5. The lowest BCUT2D eigenvalue weighted by molar-refractivity contribution is -0.113. The molecule has 1 aromatic rings. The average molecular weight is 274 g/mol. The number of aliphatic hydroxyl groups is 1. The molecular weight excluding hydrogens is 248 g/mol. The van der Waals surface area contributed by atoms with Crippen LogP contribution in [0.25, 0.3) is 0 Å². The lowest BCUT2D eigenvalue weighted by Crippen LogP contribution is -2.39. The van der Waals surface area contributed by atoms with Gasteiger partial charge in [-0.2, -0.15) is 0 Å². The maximum atomic E-state index is 10.8. The van der Waals surface area contributed by atoms with Crippen LogP contribution in [0.4, 0.5) is 0 Å². The van der Waals surface area contributed by atoms with Gasteiger partial charge < -0.3 is 9.84 Å². The van der Waals surface area contributed by atoms with E-state index in [0.29, 0.717) is 5.92 Å². The van der Waals surface area contributed by atoms with Crippen molar-refractivity contribution < 1.29 is 9.84 Å². The molecule has 2 heteroatoms. The highest BCUT2D eigenvalue weighted by Crippen LogP contribution is 2.45. The molecule has 0 bridgehead atoms. The predicted octanol–water partition coefficient (Wildman–Crippen LogP) is 4.08. The van der Waals surface area contributed by atoms with Gasteiger partial charge in [-0.25, -0.2) is 0 Å². The molecule has 2 nitrogen and oxygen atoms in total. The molecule has 110 valence electrons. The van der Waals surface area contributed by atoms with E-state index in [9.17, 15) is 5.11 Å². The maximum Gasteiger partial charge on any atom is 0.0822 e. The lowest BCUT2D eigenvalue weighted by Gasteiger charge is -2.40. The minimum Gasteiger partial charge on any atom is -0.388 e. The Morgan fingerprint density at radius 2 is 2.00 bits per heavy atom. The molecule has 1 saturated heterocycles. The third kappa shape index (κ3) is 2.51. The molecular formula is C18H26O2. The van der Waals surface area contributed by atoms with Crippen LogP contribution in [0, 0.1) is 19.8 Å². The Balaban J connectivity index is 1.79. The second kappa shape index (κ2) is 5.50. The van der Waals surface area contributed by atoms with Gasteiger partial charge in [-0.15, -0.1) is 0 Å². The van der Waals surface area contributed by atoms with E-state index in [2.05, 4.69) is 32.0 Å². The SMILES string of the molecule is Cc1cccc(C(O)C2CCOC3(CCCC3)C2)c1C. The monoisotopic (exact) mass is 274 g/mol. The quantitative estimate of drug-likeness (QED) is 0.880. The fourth-order valence-corrected chi connectivity index (χ4v) is 4.05. The Hall–Kier alpha value is -0.860. The molecule has 20 heavy (non-hydrogen) atoms. The van der Waals surface area contributed by atoms with E-state index < -0.39 is 0 Å². The number of ether oxygens (including phenoxy) is 1. The second-order valence-corrected chi connectivity index (χ2v) is 6.73. The minimum atomic E-state index is -0.337. The van der Waals surface area contributed by atoms with E-state index in [-0.39, 0.29) is 11.7 Å². The first-order chi connectivity index (χ1) is 9.61. The van der Waals surface area contributed by atoms with Gasteiger partial charge in [0, 0.05) is 6.61 Å². The van der Waals surface area contributed by atoms with E-state index in [1.807, 2.05) is 0 Å². The summed E-state index contributed by atoms with van der Waals surface area (Å²) in [6, 6.07) is 6.27. The van der Waals surface area contributed by atoms with Crippen molar-refractivity contribution in [3.63, 3.8) is 0 Å². The summed E-state index contributed by atoms with van der Waals surface area (Å²) < 4.78 is 6.09. The smallest absolute Gasteiger partial charge is 0.0822 e. The van der Waals surface area contributed by atoms with Gasteiger partial charge in [-0.3, -0.25) is 0 Å². The Bertz CT molecular complexity index is 474. The Morgan fingerprint density at radius 3 is 2.75 bits per heavy atom. The summed E-state index contributed by atoms with van der Waals surface area (Å²) in [5.74, 6) is 0.349. The van der Waals surface area contributed by atoms with Gasteiger partial charge in [-0.1, -0.05) is 31.0 Å². The predicted molar refractivity (Wildman–Crippen MR) is 80.8 cm³/mol. The molecule has 3 rings (SSSR count). The standard InChI is InChI=1S/C18H26O2/c1-13-6-5-7-16(14(13)2)17(19)15-8-11-20-18(12-15)9-3-4-10-18/h5-7,15,17,19H,3-4,8-12H2,1-2H3. The number of aliphatic hydroxyl groups excluding tert-OH is 1. The number of hydrogen-bond acceptors (Lipinski definition) is 2. The van der Waals surface area contributed by atoms with Gasteiger partial charge in [0.1, 0.15) is 0 Å². The third-order valence-electron chi connectivity index (χ3n) is 5.46. The Labute approximate surface area is 122 Å². The topological polar surface area (TPSA) is 29.5 Å². The molecule has 0 radical (unpaired) electrons. The van der Waals surface area contributed by atoms with Crippen LogP contribution < -0.4 is 0 Å². The normalized spacial score (nSPS) is 26.9. The van der Waals surface area contributed by atoms with Gasteiger partial charge in [0.15, 0.2) is 0 Å². The van der Waals surface area contributed by atoms with Crippen LogP contribution >= 0.6 is 0 Å². The summed E-state index contributed by atoms with van der Waals surface area (Å²) in [6.07, 6.45) is 6.61. The zero-order valence-corrected chi connectivity index (χ0v) is 12.7. The van der Waals surface area contributed by atoms with Gasteiger partial charge >= 0.3 is 0 Å². The zero-order valence-electron chi connectivity index (χ0n) is 12.7. The fraction of sp³-hybridized carbons (Fsp3) is 0.667. The van der Waals surface area contributed by atoms with Gasteiger partial charge in [0.25, 0.3) is 0 Å². The van der Waals surface area contributed by atoms with Crippen molar-refractivity contribution in [2.24, 2.45) is 5.92 Å². The number of aryl methyl sites for hydroxylation is 1. The molecule has 0 aromatic heterocycles. The minimum absolute atomic E-state index is 0.0849. The maximum absolute atomic E-state index is 10.8. The molecule has 2 aliphatic rings. The van der Waals surface area contributed by atoms with Gasteiger partial charge in [0.2, 0.25) is 0 Å². The first-order valence-corrected chi connectivity index (χ1v) is 7.99. The van der Waals surface area contributed by atoms with Crippen molar-refractivity contribution in [1.29, 1.82) is 0 Å². The lowest BCUT2D eigenvalue weighted by atomic mass is 9.79. The van der Waals surface area contributed by atoms with Crippen LogP contribution in [0.3, 0.4) is 0 Å². The fourth-order valence-electron chi connectivity index (χ4n) is 4.05. The van der Waals surface area contributed by atoms with E-state index >= 15 is 0 Å². The van der Waals surface area contributed by atoms with E-state index in [1.165, 1.54) is 36.8 Å². The highest BCUT2D eigenvalue weighted by molar-refractivity contribution is 5.35. The molecule has 1 aliphatic carbocycles. The van der Waals surface area contributed by atoms with Crippen molar-refractivity contribution >= 4 is 0 Å². The Morgan fingerprint density at radius 1 is 1.25 bits per heavy atom. The molecule has 1 spiro atoms.